The van der Waals surface area contributed by atoms with Crippen molar-refractivity contribution in [2.75, 3.05) is 19.6 Å². The zero-order valence-corrected chi connectivity index (χ0v) is 18.6. The van der Waals surface area contributed by atoms with Crippen molar-refractivity contribution in [3.8, 4) is 0 Å². The predicted octanol–water partition coefficient (Wildman–Crippen LogP) is 3.22. The van der Waals surface area contributed by atoms with E-state index in [1.165, 1.54) is 28.2 Å². The molecule has 0 bridgehead atoms. The highest BCUT2D eigenvalue weighted by Gasteiger charge is 2.51. The van der Waals surface area contributed by atoms with Crippen molar-refractivity contribution in [1.29, 1.82) is 0 Å². The Kier molecular flexibility index (Phi) is 6.39. The Balaban J connectivity index is 1.16. The third kappa shape index (κ3) is 4.23. The fraction of sp³-hybridized carbons (Fsp3) is 0.609. The first-order valence-electron chi connectivity index (χ1n) is 11.1. The van der Waals surface area contributed by atoms with Gasteiger partial charge in [0.05, 0.1) is 15.6 Å². The lowest BCUT2D eigenvalue weighted by molar-refractivity contribution is -0.142. The van der Waals surface area contributed by atoms with Crippen molar-refractivity contribution >= 4 is 33.4 Å². The fourth-order valence-electron chi connectivity index (χ4n) is 4.92. The van der Waals surface area contributed by atoms with Crippen LogP contribution in [0, 0.1) is 5.41 Å². The van der Waals surface area contributed by atoms with E-state index in [0.717, 1.165) is 68.3 Å². The van der Waals surface area contributed by atoms with E-state index in [2.05, 4.69) is 17.4 Å². The maximum absolute atomic E-state index is 12.8. The molecule has 1 aliphatic heterocycles. The molecule has 0 atom stereocenters. The number of likely N-dealkylation sites (tertiary alicyclic amines) is 1. The third-order valence-corrected chi connectivity index (χ3v) is 7.73. The smallest absolute Gasteiger partial charge is 0.307 e. The van der Waals surface area contributed by atoms with Gasteiger partial charge in [-0.15, -0.1) is 0 Å². The molecule has 0 unspecified atom stereocenters. The summed E-state index contributed by atoms with van der Waals surface area (Å²) in [6.07, 6.45) is 8.27. The minimum atomic E-state index is -0.360. The number of hydrogen-bond acceptors (Lipinski definition) is 5. The number of hydrogen-bond donors (Lipinski definition) is 1. The van der Waals surface area contributed by atoms with Crippen molar-refractivity contribution in [3.05, 3.63) is 33.4 Å². The average molecular weight is 430 g/mol. The number of unbranched alkanes of at least 4 members (excludes halogenated alkanes) is 1. The van der Waals surface area contributed by atoms with Gasteiger partial charge in [-0.25, -0.2) is 0 Å². The number of nitrogens with one attached hydrogen (secondary N) is 1. The summed E-state index contributed by atoms with van der Waals surface area (Å²) in [7, 11) is 1.81. The van der Waals surface area contributed by atoms with Crippen LogP contribution in [0.2, 0.25) is 0 Å². The minimum Gasteiger partial charge on any atom is -0.316 e. The molecule has 7 heteroatoms. The zero-order chi connectivity index (χ0) is 21.1. The Morgan fingerprint density at radius 1 is 1.07 bits per heavy atom. The molecule has 2 fully saturated rings. The molecule has 2 heterocycles. The summed E-state index contributed by atoms with van der Waals surface area (Å²) in [6.45, 7) is 2.31. The second-order valence-electron chi connectivity index (χ2n) is 8.80. The van der Waals surface area contributed by atoms with Crippen molar-refractivity contribution in [2.45, 2.75) is 57.8 Å². The molecule has 1 saturated carbocycles. The molecule has 2 aliphatic rings. The van der Waals surface area contributed by atoms with Crippen LogP contribution in [0.1, 0.15) is 56.9 Å². The van der Waals surface area contributed by atoms with Crippen LogP contribution in [-0.2, 0) is 23.1 Å². The van der Waals surface area contributed by atoms with E-state index in [1.54, 1.807) is 11.6 Å². The maximum Gasteiger partial charge on any atom is 0.307 e. The first-order valence-corrected chi connectivity index (χ1v) is 12.0. The molecule has 1 aliphatic carbocycles. The lowest BCUT2D eigenvalue weighted by atomic mass is 9.73. The van der Waals surface area contributed by atoms with Crippen LogP contribution in [0.25, 0.3) is 10.2 Å². The molecule has 162 valence electrons. The van der Waals surface area contributed by atoms with Crippen LogP contribution >= 0.6 is 11.3 Å². The number of carbonyl (C=O) groups excluding carboxylic acids is 2. The Morgan fingerprint density at radius 3 is 2.67 bits per heavy atom. The standard InChI is InChI=1S/C23H31N3O3S/c1-25-18-8-7-17(15-19(18)30-22(25)29)9-13-24-12-5-6-14-26-20(27)16-23(21(26)28)10-3-2-4-11-23/h7-8,15,24H,2-6,9-14,16H2,1H3. The Bertz CT molecular complexity index is 987. The van der Waals surface area contributed by atoms with Gasteiger partial charge in [0, 0.05) is 20.0 Å². The average Bonchev–Trinajstić information content (AvgIpc) is 3.14. The van der Waals surface area contributed by atoms with Crippen molar-refractivity contribution in [3.63, 3.8) is 0 Å². The molecular weight excluding hydrogens is 398 g/mol. The lowest BCUT2D eigenvalue weighted by Gasteiger charge is -2.30. The Labute approximate surface area is 181 Å². The fourth-order valence-corrected chi connectivity index (χ4v) is 5.86. The first kappa shape index (κ1) is 21.2. The van der Waals surface area contributed by atoms with Gasteiger partial charge in [-0.3, -0.25) is 19.3 Å². The largest absolute Gasteiger partial charge is 0.316 e. The van der Waals surface area contributed by atoms with Crippen LogP contribution in [0.3, 0.4) is 0 Å². The second kappa shape index (κ2) is 9.02. The van der Waals surface area contributed by atoms with Gasteiger partial charge in [0.1, 0.15) is 0 Å². The summed E-state index contributed by atoms with van der Waals surface area (Å²) in [5.41, 5.74) is 1.85. The van der Waals surface area contributed by atoms with E-state index in [9.17, 15) is 14.4 Å². The van der Waals surface area contributed by atoms with Crippen molar-refractivity contribution in [2.24, 2.45) is 12.5 Å². The van der Waals surface area contributed by atoms with Crippen LogP contribution < -0.4 is 10.2 Å². The zero-order valence-electron chi connectivity index (χ0n) is 17.7. The quantitative estimate of drug-likeness (QED) is 0.517. The Morgan fingerprint density at radius 2 is 1.87 bits per heavy atom. The van der Waals surface area contributed by atoms with Gasteiger partial charge < -0.3 is 9.88 Å². The number of thiazole rings is 1. The van der Waals surface area contributed by atoms with Crippen LogP contribution in [0.5, 0.6) is 0 Å². The summed E-state index contributed by atoms with van der Waals surface area (Å²) in [5, 5.41) is 3.45. The monoisotopic (exact) mass is 429 g/mol. The van der Waals surface area contributed by atoms with Gasteiger partial charge in [-0.1, -0.05) is 36.7 Å². The molecule has 4 rings (SSSR count). The number of rotatable bonds is 8. The third-order valence-electron chi connectivity index (χ3n) is 6.73. The van der Waals surface area contributed by atoms with Gasteiger partial charge >= 0.3 is 4.87 Å². The molecule has 1 N–H and O–H groups in total. The van der Waals surface area contributed by atoms with Crippen LogP contribution in [0.4, 0.5) is 0 Å². The SMILES string of the molecule is Cn1c(=O)sc2cc(CCNCCCCN3C(=O)CC4(CCCCC4)C3=O)ccc21. The van der Waals surface area contributed by atoms with Crippen LogP contribution in [-0.4, -0.2) is 40.9 Å². The molecular formula is C23H31N3O3S. The van der Waals surface area contributed by atoms with E-state index in [4.69, 9.17) is 0 Å². The normalized spacial score (nSPS) is 18.8. The summed E-state index contributed by atoms with van der Waals surface area (Å²) in [4.78, 5) is 38.5. The number of imide groups is 1. The number of amides is 2. The van der Waals surface area contributed by atoms with Gasteiger partial charge in [-0.2, -0.15) is 0 Å². The molecule has 2 aromatic rings. The van der Waals surface area contributed by atoms with E-state index in [-0.39, 0.29) is 22.1 Å². The van der Waals surface area contributed by atoms with Gasteiger partial charge in [0.25, 0.3) is 0 Å². The molecule has 1 spiro atoms. The van der Waals surface area contributed by atoms with Gasteiger partial charge in [-0.05, 0) is 62.9 Å². The number of aromatic nitrogens is 1. The Hall–Kier alpha value is -1.99. The summed E-state index contributed by atoms with van der Waals surface area (Å²) >= 11 is 1.29. The minimum absolute atomic E-state index is 0.0356. The van der Waals surface area contributed by atoms with E-state index < -0.39 is 0 Å². The van der Waals surface area contributed by atoms with Crippen molar-refractivity contribution < 1.29 is 9.59 Å². The topological polar surface area (TPSA) is 71.4 Å². The first-order chi connectivity index (χ1) is 14.5. The van der Waals surface area contributed by atoms with Gasteiger partial charge in [0.2, 0.25) is 11.8 Å². The van der Waals surface area contributed by atoms with E-state index >= 15 is 0 Å². The van der Waals surface area contributed by atoms with E-state index in [1.807, 2.05) is 6.07 Å². The summed E-state index contributed by atoms with van der Waals surface area (Å²) < 4.78 is 2.73. The summed E-state index contributed by atoms with van der Waals surface area (Å²) in [6, 6.07) is 6.21. The molecule has 2 amide bonds. The number of carbonyl (C=O) groups is 2. The predicted molar refractivity (Wildman–Crippen MR) is 120 cm³/mol. The molecule has 0 radical (unpaired) electrons. The number of benzene rings is 1. The number of aryl methyl sites for hydroxylation is 1. The highest BCUT2D eigenvalue weighted by atomic mass is 32.1. The highest BCUT2D eigenvalue weighted by molar-refractivity contribution is 7.16. The molecule has 6 nitrogen and oxygen atoms in total. The molecule has 1 aromatic carbocycles. The molecule has 1 saturated heterocycles. The van der Waals surface area contributed by atoms with Crippen molar-refractivity contribution in [1.82, 2.24) is 14.8 Å². The molecule has 30 heavy (non-hydrogen) atoms. The number of nitrogens with zero attached hydrogens (tertiary/aromatic N) is 2. The highest BCUT2D eigenvalue weighted by Crippen LogP contribution is 2.45. The summed E-state index contributed by atoms with van der Waals surface area (Å²) in [5.74, 6) is 0.132. The van der Waals surface area contributed by atoms with Gasteiger partial charge in [0.15, 0.2) is 0 Å². The number of fused-ring (bicyclic) bond motifs is 1. The van der Waals surface area contributed by atoms with E-state index in [0.29, 0.717) is 13.0 Å². The second-order valence-corrected chi connectivity index (χ2v) is 9.80. The van der Waals surface area contributed by atoms with Crippen LogP contribution in [0.15, 0.2) is 23.0 Å². The maximum atomic E-state index is 12.8. The lowest BCUT2D eigenvalue weighted by Crippen LogP contribution is -2.37. The molecule has 1 aromatic heterocycles.